The normalized spacial score (nSPS) is 17.7. The third kappa shape index (κ3) is 3.32. The van der Waals surface area contributed by atoms with E-state index in [4.69, 9.17) is 29.6 Å². The highest BCUT2D eigenvalue weighted by Gasteiger charge is 2.13. The van der Waals surface area contributed by atoms with Crippen LogP contribution in [0, 0.1) is 0 Å². The molecule has 3 N–H and O–H groups in total. The number of benzene rings is 1. The molecule has 1 aliphatic rings. The van der Waals surface area contributed by atoms with E-state index in [-0.39, 0.29) is 0 Å². The molecule has 18 heavy (non-hydrogen) atoms. The topological polar surface area (TPSA) is 44.5 Å². The van der Waals surface area contributed by atoms with E-state index in [1.165, 1.54) is 0 Å². The number of anilines is 1. The number of halogens is 1. The molecule has 1 fully saturated rings. The number of likely N-dealkylation sites (N-methyl/N-ethyl adjacent to an activating group) is 1. The number of piperazine rings is 1. The molecule has 0 unspecified atom stereocenters. The van der Waals surface area contributed by atoms with Gasteiger partial charge in [0.25, 0.3) is 0 Å². The second kappa shape index (κ2) is 5.84. The van der Waals surface area contributed by atoms with Gasteiger partial charge in [-0.1, -0.05) is 23.8 Å². The van der Waals surface area contributed by atoms with Crippen molar-refractivity contribution in [2.75, 3.05) is 38.7 Å². The average Bonchev–Trinajstić information content (AvgIpc) is 2.32. The van der Waals surface area contributed by atoms with Gasteiger partial charge in [0, 0.05) is 31.7 Å². The third-order valence-electron chi connectivity index (χ3n) is 3.03. The van der Waals surface area contributed by atoms with Crippen molar-refractivity contribution in [3.63, 3.8) is 0 Å². The van der Waals surface area contributed by atoms with Gasteiger partial charge in [0.15, 0.2) is 0 Å². The molecule has 1 aliphatic heterocycles. The van der Waals surface area contributed by atoms with E-state index in [0.717, 1.165) is 37.4 Å². The van der Waals surface area contributed by atoms with Gasteiger partial charge >= 0.3 is 0 Å². The largest absolute Gasteiger partial charge is 0.389 e. The SMILES string of the molecule is CN1CCN(Nc2ccc(C(N)=S)c(Cl)c2)CC1. The molecule has 6 heteroatoms. The molecule has 0 saturated carbocycles. The van der Waals surface area contributed by atoms with Crippen LogP contribution >= 0.6 is 23.8 Å². The fraction of sp³-hybridized carbons (Fsp3) is 0.417. The fourth-order valence-corrected chi connectivity index (χ4v) is 2.40. The van der Waals surface area contributed by atoms with Crippen molar-refractivity contribution in [2.24, 2.45) is 5.73 Å². The lowest BCUT2D eigenvalue weighted by Crippen LogP contribution is -2.46. The van der Waals surface area contributed by atoms with Crippen molar-refractivity contribution in [1.82, 2.24) is 9.91 Å². The average molecular weight is 285 g/mol. The number of hydrogen-bond acceptors (Lipinski definition) is 4. The number of nitrogens with zero attached hydrogens (tertiary/aromatic N) is 2. The maximum absolute atomic E-state index is 6.13. The highest BCUT2D eigenvalue weighted by atomic mass is 35.5. The molecule has 0 radical (unpaired) electrons. The van der Waals surface area contributed by atoms with E-state index < -0.39 is 0 Å². The van der Waals surface area contributed by atoms with Crippen molar-refractivity contribution in [3.05, 3.63) is 28.8 Å². The molecule has 1 aromatic carbocycles. The summed E-state index contributed by atoms with van der Waals surface area (Å²) in [6.07, 6.45) is 0. The van der Waals surface area contributed by atoms with Gasteiger partial charge < -0.3 is 16.1 Å². The van der Waals surface area contributed by atoms with Gasteiger partial charge in [-0.25, -0.2) is 5.01 Å². The van der Waals surface area contributed by atoms with Gasteiger partial charge in [-0.05, 0) is 25.2 Å². The number of hydrazine groups is 1. The Labute approximate surface area is 118 Å². The van der Waals surface area contributed by atoms with E-state index in [0.29, 0.717) is 10.0 Å². The number of nitrogens with one attached hydrogen (secondary N) is 1. The zero-order chi connectivity index (χ0) is 13.1. The third-order valence-corrected chi connectivity index (χ3v) is 3.56. The Kier molecular flexibility index (Phi) is 4.40. The minimum atomic E-state index is 0.325. The first-order chi connectivity index (χ1) is 8.56. The summed E-state index contributed by atoms with van der Waals surface area (Å²) in [5, 5.41) is 2.77. The summed E-state index contributed by atoms with van der Waals surface area (Å²) >= 11 is 11.1. The van der Waals surface area contributed by atoms with Gasteiger partial charge in [0.05, 0.1) is 10.7 Å². The highest BCUT2D eigenvalue weighted by Crippen LogP contribution is 2.21. The zero-order valence-corrected chi connectivity index (χ0v) is 11.9. The lowest BCUT2D eigenvalue weighted by atomic mass is 10.2. The molecule has 0 spiro atoms. The molecule has 98 valence electrons. The minimum absolute atomic E-state index is 0.325. The Morgan fingerprint density at radius 2 is 2.00 bits per heavy atom. The van der Waals surface area contributed by atoms with Crippen molar-refractivity contribution < 1.29 is 0 Å². The lowest BCUT2D eigenvalue weighted by molar-refractivity contribution is 0.179. The summed E-state index contributed by atoms with van der Waals surface area (Å²) < 4.78 is 0. The van der Waals surface area contributed by atoms with Crippen LogP contribution in [0.4, 0.5) is 5.69 Å². The second-order valence-corrected chi connectivity index (χ2v) is 5.31. The quantitative estimate of drug-likeness (QED) is 0.825. The minimum Gasteiger partial charge on any atom is -0.389 e. The van der Waals surface area contributed by atoms with Gasteiger partial charge in [-0.3, -0.25) is 0 Å². The first kappa shape index (κ1) is 13.5. The summed E-state index contributed by atoms with van der Waals surface area (Å²) in [6.45, 7) is 4.10. The zero-order valence-electron chi connectivity index (χ0n) is 10.3. The van der Waals surface area contributed by atoms with Crippen LogP contribution in [-0.4, -0.2) is 48.1 Å². The molecule has 4 nitrogen and oxygen atoms in total. The predicted molar refractivity (Wildman–Crippen MR) is 80.0 cm³/mol. The molecule has 1 aromatic rings. The molecule has 0 atom stereocenters. The van der Waals surface area contributed by atoms with E-state index in [2.05, 4.69) is 22.4 Å². The molecule has 1 heterocycles. The van der Waals surface area contributed by atoms with Crippen LogP contribution in [-0.2, 0) is 0 Å². The molecule has 2 rings (SSSR count). The van der Waals surface area contributed by atoms with Crippen LogP contribution < -0.4 is 11.2 Å². The predicted octanol–water partition coefficient (Wildman–Crippen LogP) is 1.55. The van der Waals surface area contributed by atoms with E-state index in [1.54, 1.807) is 0 Å². The Morgan fingerprint density at radius 3 is 2.56 bits per heavy atom. The molecule has 0 aliphatic carbocycles. The standard InChI is InChI=1S/C12H17ClN4S/c1-16-4-6-17(7-5-16)15-9-2-3-10(12(14)18)11(13)8-9/h2-3,8,15H,4-7H2,1H3,(H2,14,18). The van der Waals surface area contributed by atoms with Crippen LogP contribution in [0.5, 0.6) is 0 Å². The number of nitrogens with two attached hydrogens (primary N) is 1. The molecule has 1 saturated heterocycles. The summed E-state index contributed by atoms with van der Waals surface area (Å²) in [7, 11) is 2.13. The summed E-state index contributed by atoms with van der Waals surface area (Å²) in [5.41, 5.74) is 10.6. The summed E-state index contributed by atoms with van der Waals surface area (Å²) in [5.74, 6) is 0. The van der Waals surface area contributed by atoms with Crippen LogP contribution in [0.2, 0.25) is 5.02 Å². The van der Waals surface area contributed by atoms with E-state index in [1.807, 2.05) is 18.2 Å². The van der Waals surface area contributed by atoms with Crippen LogP contribution in [0.25, 0.3) is 0 Å². The Bertz CT molecular complexity index is 444. The molecule has 0 aromatic heterocycles. The van der Waals surface area contributed by atoms with Crippen LogP contribution in [0.15, 0.2) is 18.2 Å². The smallest absolute Gasteiger partial charge is 0.105 e. The number of thiocarbonyl (C=S) groups is 1. The Hall–Kier alpha value is -0.880. The highest BCUT2D eigenvalue weighted by molar-refractivity contribution is 7.80. The van der Waals surface area contributed by atoms with E-state index >= 15 is 0 Å². The fourth-order valence-electron chi connectivity index (χ4n) is 1.89. The first-order valence-corrected chi connectivity index (χ1v) is 6.64. The van der Waals surface area contributed by atoms with Gasteiger partial charge in [-0.2, -0.15) is 0 Å². The maximum atomic E-state index is 6.13. The number of hydrogen-bond donors (Lipinski definition) is 2. The summed E-state index contributed by atoms with van der Waals surface area (Å²) in [4.78, 5) is 2.63. The molecular weight excluding hydrogens is 268 g/mol. The van der Waals surface area contributed by atoms with Gasteiger partial charge in [0.1, 0.15) is 4.99 Å². The molecular formula is C12H17ClN4S. The summed E-state index contributed by atoms with van der Waals surface area (Å²) in [6, 6.07) is 5.65. The van der Waals surface area contributed by atoms with Crippen molar-refractivity contribution in [1.29, 1.82) is 0 Å². The van der Waals surface area contributed by atoms with Gasteiger partial charge in [-0.15, -0.1) is 0 Å². The first-order valence-electron chi connectivity index (χ1n) is 5.86. The number of rotatable bonds is 3. The monoisotopic (exact) mass is 284 g/mol. The van der Waals surface area contributed by atoms with Crippen molar-refractivity contribution >= 4 is 34.5 Å². The molecule has 0 amide bonds. The Balaban J connectivity index is 2.02. The maximum Gasteiger partial charge on any atom is 0.105 e. The van der Waals surface area contributed by atoms with Crippen molar-refractivity contribution in [2.45, 2.75) is 0 Å². The van der Waals surface area contributed by atoms with E-state index in [9.17, 15) is 0 Å². The lowest BCUT2D eigenvalue weighted by Gasteiger charge is -2.33. The van der Waals surface area contributed by atoms with Crippen LogP contribution in [0.1, 0.15) is 5.56 Å². The second-order valence-electron chi connectivity index (χ2n) is 4.46. The van der Waals surface area contributed by atoms with Gasteiger partial charge in [0.2, 0.25) is 0 Å². The molecule has 0 bridgehead atoms. The Morgan fingerprint density at radius 1 is 1.33 bits per heavy atom. The van der Waals surface area contributed by atoms with Crippen LogP contribution in [0.3, 0.4) is 0 Å². The van der Waals surface area contributed by atoms with Crippen molar-refractivity contribution in [3.8, 4) is 0 Å².